The number of rotatable bonds is 4. The molecule has 0 bridgehead atoms. The molecule has 0 spiro atoms. The normalized spacial score (nSPS) is 10.5. The zero-order valence-electron chi connectivity index (χ0n) is 10.3. The molecule has 6 heteroatoms. The molecule has 0 radical (unpaired) electrons. The first kappa shape index (κ1) is 13.6. The summed E-state index contributed by atoms with van der Waals surface area (Å²) in [6.45, 7) is 1.68. The predicted molar refractivity (Wildman–Crippen MR) is 71.1 cm³/mol. The Morgan fingerprint density at radius 1 is 1.47 bits per heavy atom. The van der Waals surface area contributed by atoms with Gasteiger partial charge in [0.15, 0.2) is 0 Å². The van der Waals surface area contributed by atoms with Crippen LogP contribution < -0.4 is 11.3 Å². The van der Waals surface area contributed by atoms with E-state index in [9.17, 15) is 9.18 Å². The van der Waals surface area contributed by atoms with Gasteiger partial charge in [-0.15, -0.1) is 11.8 Å². The Bertz CT molecular complexity index is 598. The minimum absolute atomic E-state index is 0.268. The fourth-order valence-electron chi connectivity index (χ4n) is 1.63. The van der Waals surface area contributed by atoms with E-state index >= 15 is 0 Å². The van der Waals surface area contributed by atoms with Gasteiger partial charge in [0, 0.05) is 4.90 Å². The highest BCUT2D eigenvalue weighted by atomic mass is 32.2. The van der Waals surface area contributed by atoms with Crippen LogP contribution in [0.3, 0.4) is 0 Å². The van der Waals surface area contributed by atoms with E-state index in [1.165, 1.54) is 17.8 Å². The lowest BCUT2D eigenvalue weighted by atomic mass is 10.2. The van der Waals surface area contributed by atoms with E-state index in [1.54, 1.807) is 31.2 Å². The molecule has 0 aliphatic heterocycles. The standard InChI is InChI=1S/C13H13FN2O2S/c1-8-10(13(17)16-15)6-9(18-8)7-19-12-5-3-2-4-11(12)14/h2-6H,7,15H2,1H3,(H,16,17). The van der Waals surface area contributed by atoms with Gasteiger partial charge in [-0.05, 0) is 25.1 Å². The molecule has 4 nitrogen and oxygen atoms in total. The quantitative estimate of drug-likeness (QED) is 0.391. The second-order valence-electron chi connectivity index (χ2n) is 3.88. The number of nitrogens with one attached hydrogen (secondary N) is 1. The Balaban J connectivity index is 2.09. The van der Waals surface area contributed by atoms with Crippen LogP contribution >= 0.6 is 11.8 Å². The lowest BCUT2D eigenvalue weighted by Gasteiger charge is -2.00. The molecule has 1 aromatic heterocycles. The van der Waals surface area contributed by atoms with E-state index in [4.69, 9.17) is 10.3 Å². The molecule has 1 heterocycles. The first-order valence-electron chi connectivity index (χ1n) is 5.59. The van der Waals surface area contributed by atoms with E-state index in [1.807, 2.05) is 0 Å². The van der Waals surface area contributed by atoms with Crippen molar-refractivity contribution in [3.63, 3.8) is 0 Å². The minimum atomic E-state index is -0.400. The largest absolute Gasteiger partial charge is 0.465 e. The molecule has 0 aliphatic rings. The van der Waals surface area contributed by atoms with E-state index in [-0.39, 0.29) is 5.82 Å². The van der Waals surface area contributed by atoms with Gasteiger partial charge >= 0.3 is 0 Å². The molecule has 0 unspecified atom stereocenters. The summed E-state index contributed by atoms with van der Waals surface area (Å²) >= 11 is 1.31. The van der Waals surface area contributed by atoms with Gasteiger partial charge in [0.1, 0.15) is 17.3 Å². The zero-order valence-corrected chi connectivity index (χ0v) is 11.1. The zero-order chi connectivity index (χ0) is 13.8. The SMILES string of the molecule is Cc1oc(CSc2ccccc2F)cc1C(=O)NN. The number of hydrazine groups is 1. The lowest BCUT2D eigenvalue weighted by Crippen LogP contribution is -2.30. The third-order valence-electron chi connectivity index (χ3n) is 2.55. The van der Waals surface area contributed by atoms with Gasteiger partial charge < -0.3 is 4.42 Å². The molecule has 100 valence electrons. The molecular formula is C13H13FN2O2S. The summed E-state index contributed by atoms with van der Waals surface area (Å²) in [7, 11) is 0. The maximum atomic E-state index is 13.4. The summed E-state index contributed by atoms with van der Waals surface area (Å²) < 4.78 is 18.9. The minimum Gasteiger partial charge on any atom is -0.465 e. The van der Waals surface area contributed by atoms with Crippen molar-refractivity contribution in [2.45, 2.75) is 17.6 Å². The molecule has 0 saturated carbocycles. The van der Waals surface area contributed by atoms with Crippen molar-refractivity contribution in [2.75, 3.05) is 0 Å². The van der Waals surface area contributed by atoms with Crippen LogP contribution in [-0.4, -0.2) is 5.91 Å². The van der Waals surface area contributed by atoms with Crippen molar-refractivity contribution in [2.24, 2.45) is 5.84 Å². The van der Waals surface area contributed by atoms with Crippen LogP contribution in [0.25, 0.3) is 0 Å². The van der Waals surface area contributed by atoms with Crippen molar-refractivity contribution < 1.29 is 13.6 Å². The molecule has 3 N–H and O–H groups in total. The number of halogens is 1. The van der Waals surface area contributed by atoms with Crippen LogP contribution in [0.15, 0.2) is 39.6 Å². The summed E-state index contributed by atoms with van der Waals surface area (Å²) in [5.41, 5.74) is 2.45. The van der Waals surface area contributed by atoms with Gasteiger partial charge in [-0.3, -0.25) is 10.2 Å². The van der Waals surface area contributed by atoms with Gasteiger partial charge in [0.2, 0.25) is 0 Å². The number of amides is 1. The monoisotopic (exact) mass is 280 g/mol. The van der Waals surface area contributed by atoms with E-state index in [2.05, 4.69) is 5.43 Å². The number of carbonyl (C=O) groups is 1. The summed E-state index contributed by atoms with van der Waals surface area (Å²) in [5.74, 6) is 5.94. The third kappa shape index (κ3) is 3.15. The summed E-state index contributed by atoms with van der Waals surface area (Å²) in [5, 5.41) is 0. The van der Waals surface area contributed by atoms with Crippen molar-refractivity contribution in [1.29, 1.82) is 0 Å². The predicted octanol–water partition coefficient (Wildman–Crippen LogP) is 2.62. The van der Waals surface area contributed by atoms with Crippen molar-refractivity contribution >= 4 is 17.7 Å². The second kappa shape index (κ2) is 5.90. The molecule has 1 aromatic carbocycles. The van der Waals surface area contributed by atoms with Gasteiger partial charge in [-0.25, -0.2) is 10.2 Å². The number of hydrogen-bond donors (Lipinski definition) is 2. The molecule has 0 fully saturated rings. The van der Waals surface area contributed by atoms with Crippen LogP contribution in [0, 0.1) is 12.7 Å². The Morgan fingerprint density at radius 2 is 2.21 bits per heavy atom. The highest BCUT2D eigenvalue weighted by molar-refractivity contribution is 7.98. The molecule has 2 rings (SSSR count). The van der Waals surface area contributed by atoms with Crippen molar-refractivity contribution in [3.8, 4) is 0 Å². The number of benzene rings is 1. The molecule has 0 aliphatic carbocycles. The van der Waals surface area contributed by atoms with E-state index in [0.29, 0.717) is 27.7 Å². The van der Waals surface area contributed by atoms with E-state index < -0.39 is 5.91 Å². The van der Waals surface area contributed by atoms with Crippen LogP contribution in [0.2, 0.25) is 0 Å². The highest BCUT2D eigenvalue weighted by Crippen LogP contribution is 2.27. The van der Waals surface area contributed by atoms with Crippen LogP contribution in [0.5, 0.6) is 0 Å². The van der Waals surface area contributed by atoms with Gasteiger partial charge in [0.05, 0.1) is 11.3 Å². The molecular weight excluding hydrogens is 267 g/mol. The fourth-order valence-corrected chi connectivity index (χ4v) is 2.45. The molecule has 1 amide bonds. The summed E-state index contributed by atoms with van der Waals surface area (Å²) in [6.07, 6.45) is 0. The lowest BCUT2D eigenvalue weighted by molar-refractivity contribution is 0.0952. The summed E-state index contributed by atoms with van der Waals surface area (Å²) in [6, 6.07) is 8.13. The van der Waals surface area contributed by atoms with E-state index in [0.717, 1.165) is 0 Å². The second-order valence-corrected chi connectivity index (χ2v) is 4.89. The number of hydrogen-bond acceptors (Lipinski definition) is 4. The third-order valence-corrected chi connectivity index (χ3v) is 3.62. The smallest absolute Gasteiger partial charge is 0.268 e. The average molecular weight is 280 g/mol. The van der Waals surface area contributed by atoms with Crippen molar-refractivity contribution in [1.82, 2.24) is 5.43 Å². The maximum absolute atomic E-state index is 13.4. The molecule has 0 atom stereocenters. The van der Waals surface area contributed by atoms with Crippen molar-refractivity contribution in [3.05, 3.63) is 53.2 Å². The topological polar surface area (TPSA) is 68.3 Å². The fraction of sp³-hybridized carbons (Fsp3) is 0.154. The first-order valence-corrected chi connectivity index (χ1v) is 6.58. The molecule has 19 heavy (non-hydrogen) atoms. The Morgan fingerprint density at radius 3 is 2.89 bits per heavy atom. The number of aryl methyl sites for hydroxylation is 1. The Kier molecular flexibility index (Phi) is 4.24. The number of nitrogen functional groups attached to an aromatic ring is 1. The first-order chi connectivity index (χ1) is 9.11. The number of thioether (sulfide) groups is 1. The average Bonchev–Trinajstić information content (AvgIpc) is 2.78. The van der Waals surface area contributed by atoms with Gasteiger partial charge in [-0.2, -0.15) is 0 Å². The number of furan rings is 1. The Hall–Kier alpha value is -1.79. The maximum Gasteiger partial charge on any atom is 0.268 e. The van der Waals surface area contributed by atoms with Gasteiger partial charge in [-0.1, -0.05) is 12.1 Å². The highest BCUT2D eigenvalue weighted by Gasteiger charge is 2.14. The van der Waals surface area contributed by atoms with Crippen LogP contribution in [0.1, 0.15) is 21.9 Å². The van der Waals surface area contributed by atoms with Gasteiger partial charge in [0.25, 0.3) is 5.91 Å². The molecule has 2 aromatic rings. The Labute approximate surface area is 114 Å². The summed E-state index contributed by atoms with van der Waals surface area (Å²) in [4.78, 5) is 12.0. The molecule has 0 saturated heterocycles. The van der Waals surface area contributed by atoms with Crippen LogP contribution in [-0.2, 0) is 5.75 Å². The number of nitrogens with two attached hydrogens (primary N) is 1. The van der Waals surface area contributed by atoms with Crippen LogP contribution in [0.4, 0.5) is 4.39 Å². The number of carbonyl (C=O) groups excluding carboxylic acids is 1.